The average molecular weight is 355 g/mol. The molecule has 3 rings (SSSR count). The van der Waals surface area contributed by atoms with Crippen LogP contribution >= 0.6 is 15.9 Å². The molecule has 108 valence electrons. The zero-order chi connectivity index (χ0) is 15.0. The molecule has 1 aromatic heterocycles. The molecule has 0 unspecified atom stereocenters. The lowest BCUT2D eigenvalue weighted by atomic mass is 10.3. The Hall–Kier alpha value is -2.15. The van der Waals surface area contributed by atoms with E-state index >= 15 is 0 Å². The molecule has 0 atom stereocenters. The van der Waals surface area contributed by atoms with Gasteiger partial charge in [0.2, 0.25) is 11.7 Å². The highest BCUT2D eigenvalue weighted by Crippen LogP contribution is 2.27. The van der Waals surface area contributed by atoms with E-state index in [1.807, 2.05) is 0 Å². The fourth-order valence-electron chi connectivity index (χ4n) is 1.85. The van der Waals surface area contributed by atoms with Crippen LogP contribution in [0.3, 0.4) is 0 Å². The number of nitrogen functional groups attached to an aromatic ring is 1. The summed E-state index contributed by atoms with van der Waals surface area (Å²) in [6.45, 7) is -0.138. The third-order valence-corrected chi connectivity index (χ3v) is 3.26. The molecule has 0 bridgehead atoms. The number of ether oxygens (including phenoxy) is 1. The van der Waals surface area contributed by atoms with Gasteiger partial charge in [-0.15, -0.1) is 0 Å². The number of aromatic nitrogens is 1. The van der Waals surface area contributed by atoms with E-state index in [1.54, 1.807) is 18.2 Å². The number of hydrogen-bond acceptors (Lipinski definition) is 4. The lowest BCUT2D eigenvalue weighted by molar-refractivity contribution is 0.251. The third kappa shape index (κ3) is 2.69. The zero-order valence-corrected chi connectivity index (χ0v) is 12.2. The summed E-state index contributed by atoms with van der Waals surface area (Å²) in [6, 6.07) is 7.48. The van der Waals surface area contributed by atoms with Gasteiger partial charge in [-0.25, -0.2) is 9.37 Å². The summed E-state index contributed by atoms with van der Waals surface area (Å²) in [5.41, 5.74) is 7.26. The third-order valence-electron chi connectivity index (χ3n) is 2.81. The van der Waals surface area contributed by atoms with Gasteiger partial charge in [0.05, 0.1) is 5.69 Å². The molecule has 0 fully saturated rings. The first-order chi connectivity index (χ1) is 10.0. The predicted molar refractivity (Wildman–Crippen MR) is 76.8 cm³/mol. The molecular formula is C14H9BrF2N2O2. The maximum Gasteiger partial charge on any atom is 0.233 e. The lowest BCUT2D eigenvalue weighted by Gasteiger charge is -2.06. The van der Waals surface area contributed by atoms with Gasteiger partial charge < -0.3 is 14.9 Å². The predicted octanol–water partition coefficient (Wildman–Crippen LogP) is 4.03. The van der Waals surface area contributed by atoms with Gasteiger partial charge in [-0.1, -0.05) is 22.0 Å². The molecule has 21 heavy (non-hydrogen) atoms. The number of oxazole rings is 1. The molecule has 0 saturated carbocycles. The highest BCUT2D eigenvalue weighted by molar-refractivity contribution is 9.10. The van der Waals surface area contributed by atoms with Crippen LogP contribution in [0.4, 0.5) is 14.5 Å². The van der Waals surface area contributed by atoms with E-state index in [-0.39, 0.29) is 18.2 Å². The number of halogens is 3. The highest BCUT2D eigenvalue weighted by atomic mass is 79.9. The van der Waals surface area contributed by atoms with Crippen LogP contribution < -0.4 is 10.5 Å². The largest absolute Gasteiger partial charge is 0.481 e. The van der Waals surface area contributed by atoms with Gasteiger partial charge in [-0.2, -0.15) is 4.39 Å². The van der Waals surface area contributed by atoms with E-state index in [0.29, 0.717) is 21.3 Å². The summed E-state index contributed by atoms with van der Waals surface area (Å²) in [7, 11) is 0. The normalized spacial score (nSPS) is 11.0. The van der Waals surface area contributed by atoms with Gasteiger partial charge in [-0.05, 0) is 24.3 Å². The fourth-order valence-corrected chi connectivity index (χ4v) is 2.26. The maximum atomic E-state index is 13.6. The van der Waals surface area contributed by atoms with Crippen molar-refractivity contribution < 1.29 is 17.9 Å². The highest BCUT2D eigenvalue weighted by Gasteiger charge is 2.14. The summed E-state index contributed by atoms with van der Waals surface area (Å²) in [5.74, 6) is -2.06. The van der Waals surface area contributed by atoms with Crippen molar-refractivity contribution >= 4 is 32.7 Å². The Kier molecular flexibility index (Phi) is 3.50. The van der Waals surface area contributed by atoms with Crippen molar-refractivity contribution in [3.63, 3.8) is 0 Å². The lowest BCUT2D eigenvalue weighted by Crippen LogP contribution is -1.99. The number of benzene rings is 2. The van der Waals surface area contributed by atoms with Crippen LogP contribution in [-0.2, 0) is 6.61 Å². The van der Waals surface area contributed by atoms with Gasteiger partial charge in [0.25, 0.3) is 0 Å². The Bertz CT molecular complexity index is 820. The van der Waals surface area contributed by atoms with Gasteiger partial charge in [0, 0.05) is 4.47 Å². The second kappa shape index (κ2) is 5.33. The first-order valence-corrected chi connectivity index (χ1v) is 6.75. The Labute approximate surface area is 126 Å². The van der Waals surface area contributed by atoms with Crippen molar-refractivity contribution in [3.05, 3.63) is 52.3 Å². The number of rotatable bonds is 3. The minimum Gasteiger partial charge on any atom is -0.481 e. The van der Waals surface area contributed by atoms with E-state index < -0.39 is 11.6 Å². The molecule has 0 aliphatic heterocycles. The Morgan fingerprint density at radius 3 is 2.86 bits per heavy atom. The van der Waals surface area contributed by atoms with Crippen molar-refractivity contribution in [3.8, 4) is 5.75 Å². The first-order valence-electron chi connectivity index (χ1n) is 5.96. The van der Waals surface area contributed by atoms with Gasteiger partial charge >= 0.3 is 0 Å². The summed E-state index contributed by atoms with van der Waals surface area (Å²) in [6.07, 6.45) is 0. The Morgan fingerprint density at radius 1 is 1.29 bits per heavy atom. The van der Waals surface area contributed by atoms with Crippen LogP contribution in [0.2, 0.25) is 0 Å². The molecule has 2 N–H and O–H groups in total. The van der Waals surface area contributed by atoms with Crippen molar-refractivity contribution in [1.82, 2.24) is 4.98 Å². The minimum absolute atomic E-state index is 0.138. The van der Waals surface area contributed by atoms with Gasteiger partial charge in [0.15, 0.2) is 23.8 Å². The summed E-state index contributed by atoms with van der Waals surface area (Å²) in [5, 5.41) is 0. The number of hydrogen-bond donors (Lipinski definition) is 1. The number of para-hydroxylation sites is 1. The smallest absolute Gasteiger partial charge is 0.233 e. The number of nitrogens with zero attached hydrogens (tertiary/aromatic N) is 1. The number of nitrogens with two attached hydrogens (primary N) is 1. The van der Waals surface area contributed by atoms with E-state index in [4.69, 9.17) is 14.9 Å². The molecule has 0 radical (unpaired) electrons. The SMILES string of the molecule is Nc1cccc2oc(COc3cc(Br)cc(F)c3F)nc12. The molecule has 0 spiro atoms. The summed E-state index contributed by atoms with van der Waals surface area (Å²) < 4.78 is 37.8. The van der Waals surface area contributed by atoms with Crippen LogP contribution in [0, 0.1) is 11.6 Å². The number of fused-ring (bicyclic) bond motifs is 1. The molecule has 0 aliphatic carbocycles. The van der Waals surface area contributed by atoms with Crippen LogP contribution in [0.5, 0.6) is 5.75 Å². The van der Waals surface area contributed by atoms with E-state index in [0.717, 1.165) is 6.07 Å². The van der Waals surface area contributed by atoms with Gasteiger partial charge in [-0.3, -0.25) is 0 Å². The molecule has 3 aromatic rings. The van der Waals surface area contributed by atoms with E-state index in [1.165, 1.54) is 6.07 Å². The van der Waals surface area contributed by atoms with Crippen LogP contribution in [0.1, 0.15) is 5.89 Å². The molecule has 0 saturated heterocycles. The minimum atomic E-state index is -1.06. The molecule has 0 aliphatic rings. The fraction of sp³-hybridized carbons (Fsp3) is 0.0714. The molecule has 0 amide bonds. The Balaban J connectivity index is 1.85. The topological polar surface area (TPSA) is 61.3 Å². The van der Waals surface area contributed by atoms with Crippen molar-refractivity contribution in [2.24, 2.45) is 0 Å². The van der Waals surface area contributed by atoms with Crippen molar-refractivity contribution in [2.75, 3.05) is 5.73 Å². The maximum absolute atomic E-state index is 13.6. The van der Waals surface area contributed by atoms with Crippen LogP contribution in [0.25, 0.3) is 11.1 Å². The molecule has 7 heteroatoms. The van der Waals surface area contributed by atoms with Crippen molar-refractivity contribution in [2.45, 2.75) is 6.61 Å². The molecule has 1 heterocycles. The average Bonchev–Trinajstić information content (AvgIpc) is 2.86. The quantitative estimate of drug-likeness (QED) is 0.569. The molecule has 2 aromatic carbocycles. The zero-order valence-electron chi connectivity index (χ0n) is 10.6. The summed E-state index contributed by atoms with van der Waals surface area (Å²) in [4.78, 5) is 4.16. The van der Waals surface area contributed by atoms with Crippen LogP contribution in [0.15, 0.2) is 39.2 Å². The van der Waals surface area contributed by atoms with Gasteiger partial charge in [0.1, 0.15) is 5.52 Å². The van der Waals surface area contributed by atoms with E-state index in [9.17, 15) is 8.78 Å². The first kappa shape index (κ1) is 13.8. The molecular weight excluding hydrogens is 346 g/mol. The number of anilines is 1. The standard InChI is InChI=1S/C14H9BrF2N2O2/c15-7-4-8(16)13(17)11(5-7)20-6-12-19-14-9(18)2-1-3-10(14)21-12/h1-5H,6,18H2. The monoisotopic (exact) mass is 354 g/mol. The molecule has 4 nitrogen and oxygen atoms in total. The van der Waals surface area contributed by atoms with E-state index in [2.05, 4.69) is 20.9 Å². The second-order valence-corrected chi connectivity index (χ2v) is 5.21. The van der Waals surface area contributed by atoms with Crippen molar-refractivity contribution in [1.29, 1.82) is 0 Å². The summed E-state index contributed by atoms with van der Waals surface area (Å²) >= 11 is 3.07. The second-order valence-electron chi connectivity index (χ2n) is 4.29. The Morgan fingerprint density at radius 2 is 2.10 bits per heavy atom. The van der Waals surface area contributed by atoms with Crippen LogP contribution in [-0.4, -0.2) is 4.98 Å².